The molecule has 0 unspecified atom stereocenters. The van der Waals surface area contributed by atoms with Crippen LogP contribution in [-0.4, -0.2) is 17.5 Å². The molecular formula is C25H27FN2O2. The van der Waals surface area contributed by atoms with Gasteiger partial charge in [-0.3, -0.25) is 9.78 Å². The van der Waals surface area contributed by atoms with Gasteiger partial charge in [0, 0.05) is 16.6 Å². The van der Waals surface area contributed by atoms with E-state index in [2.05, 4.69) is 23.3 Å². The Morgan fingerprint density at radius 2 is 2.00 bits per heavy atom. The van der Waals surface area contributed by atoms with E-state index in [9.17, 15) is 9.18 Å². The van der Waals surface area contributed by atoms with Crippen molar-refractivity contribution in [3.05, 3.63) is 77.8 Å². The van der Waals surface area contributed by atoms with Gasteiger partial charge in [-0.2, -0.15) is 0 Å². The standard InChI is InChI=1S/C25H27FN2O2/c1-3-4-5-6-7-8-16-30-23-11-9-10-22(24(23)26)28-25(29)20-14-15-21-19(17-20)13-12-18(2)27-21/h7-15,17H,3-6,16H2,1-2H3,(H,28,29). The molecule has 5 heteroatoms. The van der Waals surface area contributed by atoms with E-state index in [-0.39, 0.29) is 24.0 Å². The minimum absolute atomic E-state index is 0.0894. The van der Waals surface area contributed by atoms with Crippen LogP contribution in [0.5, 0.6) is 5.75 Å². The highest BCUT2D eigenvalue weighted by molar-refractivity contribution is 6.06. The van der Waals surface area contributed by atoms with Crippen molar-refractivity contribution in [3.63, 3.8) is 0 Å². The van der Waals surface area contributed by atoms with Crippen molar-refractivity contribution in [2.24, 2.45) is 0 Å². The number of carbonyl (C=O) groups is 1. The summed E-state index contributed by atoms with van der Waals surface area (Å²) < 4.78 is 20.3. The van der Waals surface area contributed by atoms with Gasteiger partial charge in [-0.15, -0.1) is 0 Å². The summed E-state index contributed by atoms with van der Waals surface area (Å²) in [5.41, 5.74) is 2.26. The molecule has 4 nitrogen and oxygen atoms in total. The number of unbranched alkanes of at least 4 members (excludes halogenated alkanes) is 3. The molecule has 0 spiro atoms. The third-order valence-electron chi connectivity index (χ3n) is 4.78. The summed E-state index contributed by atoms with van der Waals surface area (Å²) in [5.74, 6) is -0.850. The van der Waals surface area contributed by atoms with Crippen LogP contribution < -0.4 is 10.1 Å². The maximum absolute atomic E-state index is 14.7. The summed E-state index contributed by atoms with van der Waals surface area (Å²) in [6, 6.07) is 13.8. The number of ether oxygens (including phenoxy) is 1. The summed E-state index contributed by atoms with van der Waals surface area (Å²) in [4.78, 5) is 17.1. The Labute approximate surface area is 176 Å². The van der Waals surface area contributed by atoms with E-state index >= 15 is 0 Å². The molecule has 0 saturated heterocycles. The Morgan fingerprint density at radius 3 is 2.83 bits per heavy atom. The molecule has 1 N–H and O–H groups in total. The minimum atomic E-state index is -0.580. The molecular weight excluding hydrogens is 379 g/mol. The average Bonchev–Trinajstić information content (AvgIpc) is 2.75. The number of benzene rings is 2. The number of carbonyl (C=O) groups excluding carboxylic acids is 1. The first-order valence-corrected chi connectivity index (χ1v) is 10.3. The van der Waals surface area contributed by atoms with Crippen molar-refractivity contribution in [3.8, 4) is 5.75 Å². The van der Waals surface area contributed by atoms with Crippen molar-refractivity contribution in [2.75, 3.05) is 11.9 Å². The number of aromatic nitrogens is 1. The molecule has 3 aromatic rings. The maximum atomic E-state index is 14.7. The zero-order chi connectivity index (χ0) is 21.3. The molecule has 0 radical (unpaired) electrons. The van der Waals surface area contributed by atoms with Gasteiger partial charge >= 0.3 is 0 Å². The normalized spacial score (nSPS) is 11.2. The lowest BCUT2D eigenvalue weighted by molar-refractivity contribution is 0.102. The molecule has 3 rings (SSSR count). The van der Waals surface area contributed by atoms with Gasteiger partial charge in [-0.25, -0.2) is 4.39 Å². The van der Waals surface area contributed by atoms with E-state index in [1.807, 2.05) is 25.1 Å². The summed E-state index contributed by atoms with van der Waals surface area (Å²) >= 11 is 0. The molecule has 0 bridgehead atoms. The second kappa shape index (κ2) is 10.5. The lowest BCUT2D eigenvalue weighted by Crippen LogP contribution is -2.13. The third kappa shape index (κ3) is 5.66. The summed E-state index contributed by atoms with van der Waals surface area (Å²) in [6.07, 6.45) is 8.48. The topological polar surface area (TPSA) is 51.2 Å². The first-order chi connectivity index (χ1) is 14.6. The second-order valence-electron chi connectivity index (χ2n) is 7.21. The maximum Gasteiger partial charge on any atom is 0.255 e. The Kier molecular flexibility index (Phi) is 7.55. The van der Waals surface area contributed by atoms with Gasteiger partial charge in [-0.05, 0) is 56.2 Å². The van der Waals surface area contributed by atoms with Crippen LogP contribution >= 0.6 is 0 Å². The number of rotatable bonds is 9. The summed E-state index contributed by atoms with van der Waals surface area (Å²) in [6.45, 7) is 4.37. The van der Waals surface area contributed by atoms with Crippen LogP contribution in [-0.2, 0) is 0 Å². The summed E-state index contributed by atoms with van der Waals surface area (Å²) in [5, 5.41) is 3.49. The Balaban J connectivity index is 1.64. The first kappa shape index (κ1) is 21.5. The molecule has 0 atom stereocenters. The lowest BCUT2D eigenvalue weighted by atomic mass is 10.1. The molecule has 0 aliphatic carbocycles. The average molecular weight is 407 g/mol. The highest BCUT2D eigenvalue weighted by Crippen LogP contribution is 2.25. The molecule has 2 aromatic carbocycles. The molecule has 0 aliphatic rings. The van der Waals surface area contributed by atoms with Crippen LogP contribution in [0.4, 0.5) is 10.1 Å². The van der Waals surface area contributed by atoms with Gasteiger partial charge in [0.05, 0.1) is 11.2 Å². The number of anilines is 1. The molecule has 1 amide bonds. The number of fused-ring (bicyclic) bond motifs is 1. The van der Waals surface area contributed by atoms with Crippen LogP contribution in [0.15, 0.2) is 60.7 Å². The van der Waals surface area contributed by atoms with E-state index in [0.29, 0.717) is 5.56 Å². The molecule has 30 heavy (non-hydrogen) atoms. The van der Waals surface area contributed by atoms with Gasteiger partial charge in [-0.1, -0.05) is 44.1 Å². The highest BCUT2D eigenvalue weighted by Gasteiger charge is 2.13. The quantitative estimate of drug-likeness (QED) is 0.328. The summed E-state index contributed by atoms with van der Waals surface area (Å²) in [7, 11) is 0. The van der Waals surface area contributed by atoms with Crippen LogP contribution in [0.2, 0.25) is 0 Å². The number of nitrogens with zero attached hydrogens (tertiary/aromatic N) is 1. The fourth-order valence-corrected chi connectivity index (χ4v) is 3.12. The predicted molar refractivity (Wildman–Crippen MR) is 120 cm³/mol. The molecule has 0 aliphatic heterocycles. The van der Waals surface area contributed by atoms with Crippen LogP contribution in [0, 0.1) is 12.7 Å². The van der Waals surface area contributed by atoms with E-state index in [1.54, 1.807) is 30.3 Å². The number of pyridine rings is 1. The largest absolute Gasteiger partial charge is 0.486 e. The number of aryl methyl sites for hydroxylation is 1. The number of halogens is 1. The monoisotopic (exact) mass is 406 g/mol. The van der Waals surface area contributed by atoms with E-state index in [0.717, 1.165) is 29.4 Å². The van der Waals surface area contributed by atoms with Crippen molar-refractivity contribution in [1.82, 2.24) is 4.98 Å². The Morgan fingerprint density at radius 1 is 1.13 bits per heavy atom. The Hall–Kier alpha value is -3.21. The van der Waals surface area contributed by atoms with E-state index in [1.165, 1.54) is 18.9 Å². The Bertz CT molecular complexity index is 1050. The van der Waals surface area contributed by atoms with E-state index in [4.69, 9.17) is 4.74 Å². The van der Waals surface area contributed by atoms with Gasteiger partial charge < -0.3 is 10.1 Å². The van der Waals surface area contributed by atoms with Crippen LogP contribution in [0.3, 0.4) is 0 Å². The van der Waals surface area contributed by atoms with Crippen molar-refractivity contribution >= 4 is 22.5 Å². The molecule has 0 saturated carbocycles. The highest BCUT2D eigenvalue weighted by atomic mass is 19.1. The SMILES string of the molecule is CCCCCC=CCOc1cccc(NC(=O)c2ccc3nc(C)ccc3c2)c1F. The fourth-order valence-electron chi connectivity index (χ4n) is 3.12. The lowest BCUT2D eigenvalue weighted by Gasteiger charge is -2.11. The van der Waals surface area contributed by atoms with E-state index < -0.39 is 5.82 Å². The molecule has 1 aromatic heterocycles. The van der Waals surface area contributed by atoms with Gasteiger partial charge in [0.2, 0.25) is 0 Å². The number of amides is 1. The van der Waals surface area contributed by atoms with Crippen LogP contribution in [0.1, 0.15) is 48.7 Å². The van der Waals surface area contributed by atoms with Gasteiger partial charge in [0.15, 0.2) is 11.6 Å². The first-order valence-electron chi connectivity index (χ1n) is 10.3. The molecule has 1 heterocycles. The molecule has 156 valence electrons. The fraction of sp³-hybridized carbons (Fsp3) is 0.280. The third-order valence-corrected chi connectivity index (χ3v) is 4.78. The van der Waals surface area contributed by atoms with Crippen molar-refractivity contribution in [2.45, 2.75) is 39.5 Å². The molecule has 0 fully saturated rings. The van der Waals surface area contributed by atoms with Crippen molar-refractivity contribution in [1.29, 1.82) is 0 Å². The minimum Gasteiger partial charge on any atom is -0.486 e. The number of hydrogen-bond acceptors (Lipinski definition) is 3. The van der Waals surface area contributed by atoms with Crippen molar-refractivity contribution < 1.29 is 13.9 Å². The van der Waals surface area contributed by atoms with Gasteiger partial charge in [0.25, 0.3) is 5.91 Å². The van der Waals surface area contributed by atoms with Gasteiger partial charge in [0.1, 0.15) is 6.61 Å². The number of allylic oxidation sites excluding steroid dienone is 1. The number of nitrogens with one attached hydrogen (secondary N) is 1. The smallest absolute Gasteiger partial charge is 0.255 e. The zero-order valence-corrected chi connectivity index (χ0v) is 17.5. The predicted octanol–water partition coefficient (Wildman–Crippen LogP) is 6.45. The zero-order valence-electron chi connectivity index (χ0n) is 17.5. The second-order valence-corrected chi connectivity index (χ2v) is 7.21. The number of hydrogen-bond donors (Lipinski definition) is 1. The van der Waals surface area contributed by atoms with Crippen LogP contribution in [0.25, 0.3) is 10.9 Å².